The summed E-state index contributed by atoms with van der Waals surface area (Å²) in [7, 11) is 0. The number of aromatic nitrogens is 4. The quantitative estimate of drug-likeness (QED) is 0.421. The van der Waals surface area contributed by atoms with Gasteiger partial charge in [-0.3, -0.25) is 9.78 Å². The third-order valence-corrected chi connectivity index (χ3v) is 5.90. The summed E-state index contributed by atoms with van der Waals surface area (Å²) in [5, 5.41) is 3.14. The van der Waals surface area contributed by atoms with E-state index in [1.165, 1.54) is 0 Å². The lowest BCUT2D eigenvalue weighted by Crippen LogP contribution is -2.39. The number of aryl methyl sites for hydroxylation is 1. The van der Waals surface area contributed by atoms with Crippen LogP contribution in [0.4, 0.5) is 11.6 Å². The molecule has 0 bridgehead atoms. The number of rotatable bonds is 6. The highest BCUT2D eigenvalue weighted by Crippen LogP contribution is 2.29. The van der Waals surface area contributed by atoms with Crippen LogP contribution in [0, 0.1) is 6.92 Å². The van der Waals surface area contributed by atoms with Crippen molar-refractivity contribution in [3.8, 4) is 11.6 Å². The largest absolute Gasteiger partial charge is 0.437 e. The summed E-state index contributed by atoms with van der Waals surface area (Å²) in [5.41, 5.74) is 3.34. The van der Waals surface area contributed by atoms with Crippen molar-refractivity contribution in [1.82, 2.24) is 24.8 Å². The molecule has 35 heavy (non-hydrogen) atoms. The number of likely N-dealkylation sites (tertiary alicyclic amines) is 1. The molecule has 0 aliphatic carbocycles. The summed E-state index contributed by atoms with van der Waals surface area (Å²) in [6.45, 7) is 3.31. The van der Waals surface area contributed by atoms with Crippen LogP contribution in [-0.2, 0) is 0 Å². The molecule has 4 aromatic rings. The fourth-order valence-electron chi connectivity index (χ4n) is 4.22. The summed E-state index contributed by atoms with van der Waals surface area (Å²) >= 11 is 0. The lowest BCUT2D eigenvalue weighted by Gasteiger charge is -2.32. The summed E-state index contributed by atoms with van der Waals surface area (Å²) in [5.74, 6) is 1.76. The molecule has 1 amide bonds. The van der Waals surface area contributed by atoms with Crippen LogP contribution < -0.4 is 10.1 Å². The normalized spacial score (nSPS) is 15.5. The highest BCUT2D eigenvalue weighted by molar-refractivity contribution is 5.95. The molecule has 0 unspecified atom stereocenters. The third-order valence-electron chi connectivity index (χ3n) is 5.90. The molecule has 3 heterocycles. The zero-order valence-corrected chi connectivity index (χ0v) is 19.5. The molecule has 1 saturated heterocycles. The summed E-state index contributed by atoms with van der Waals surface area (Å²) in [4.78, 5) is 32.6. The van der Waals surface area contributed by atoms with E-state index in [0.717, 1.165) is 35.5 Å². The summed E-state index contributed by atoms with van der Waals surface area (Å²) < 4.78 is 5.92. The van der Waals surface area contributed by atoms with Crippen molar-refractivity contribution >= 4 is 17.5 Å². The topological polar surface area (TPSA) is 93.1 Å². The van der Waals surface area contributed by atoms with Gasteiger partial charge in [-0.05, 0) is 61.7 Å². The van der Waals surface area contributed by atoms with Crippen molar-refractivity contribution in [2.45, 2.75) is 25.7 Å². The number of piperidine rings is 1. The lowest BCUT2D eigenvalue weighted by molar-refractivity contribution is 0.0705. The van der Waals surface area contributed by atoms with Crippen LogP contribution in [0.5, 0.6) is 11.6 Å². The number of anilines is 2. The second kappa shape index (κ2) is 10.3. The molecule has 1 fully saturated rings. The molecule has 176 valence electrons. The maximum Gasteiger partial charge on any atom is 0.253 e. The van der Waals surface area contributed by atoms with Crippen molar-refractivity contribution in [3.63, 3.8) is 0 Å². The molecule has 1 aliphatic heterocycles. The molecular weight excluding hydrogens is 440 g/mol. The van der Waals surface area contributed by atoms with Gasteiger partial charge in [-0.15, -0.1) is 0 Å². The number of carbonyl (C=O) groups excluding carboxylic acids is 1. The molecule has 0 radical (unpaired) electrons. The predicted octanol–water partition coefficient (Wildman–Crippen LogP) is 5.13. The van der Waals surface area contributed by atoms with Gasteiger partial charge in [0.2, 0.25) is 11.8 Å². The highest BCUT2D eigenvalue weighted by Gasteiger charge is 2.27. The van der Waals surface area contributed by atoms with Crippen LogP contribution in [0.2, 0.25) is 0 Å². The van der Waals surface area contributed by atoms with Crippen LogP contribution in [0.3, 0.4) is 0 Å². The summed E-state index contributed by atoms with van der Waals surface area (Å²) in [6, 6.07) is 17.0. The van der Waals surface area contributed by atoms with E-state index in [4.69, 9.17) is 9.72 Å². The fraction of sp³-hybridized carbons (Fsp3) is 0.222. The first-order valence-electron chi connectivity index (χ1n) is 11.6. The maximum absolute atomic E-state index is 13.3. The van der Waals surface area contributed by atoms with Gasteiger partial charge in [0.15, 0.2) is 0 Å². The van der Waals surface area contributed by atoms with Crippen molar-refractivity contribution in [3.05, 3.63) is 96.2 Å². The van der Waals surface area contributed by atoms with E-state index >= 15 is 0 Å². The van der Waals surface area contributed by atoms with Gasteiger partial charge in [-0.25, -0.2) is 15.0 Å². The van der Waals surface area contributed by atoms with Gasteiger partial charge < -0.3 is 15.0 Å². The molecule has 0 spiro atoms. The number of carbonyl (C=O) groups is 1. The monoisotopic (exact) mass is 466 g/mol. The second-order valence-corrected chi connectivity index (χ2v) is 8.57. The Hall–Kier alpha value is -4.33. The number of ether oxygens (including phenoxy) is 1. The number of hydrogen-bond donors (Lipinski definition) is 1. The minimum Gasteiger partial charge on any atom is -0.437 e. The van der Waals surface area contributed by atoms with Crippen molar-refractivity contribution in [2.75, 3.05) is 18.4 Å². The van der Waals surface area contributed by atoms with Crippen LogP contribution >= 0.6 is 0 Å². The zero-order chi connectivity index (χ0) is 24.0. The number of benzene rings is 2. The van der Waals surface area contributed by atoms with Crippen LogP contribution in [0.25, 0.3) is 0 Å². The van der Waals surface area contributed by atoms with Crippen LogP contribution in [0.15, 0.2) is 79.4 Å². The Bertz CT molecular complexity index is 1310. The molecule has 8 nitrogen and oxygen atoms in total. The van der Waals surface area contributed by atoms with E-state index in [9.17, 15) is 4.79 Å². The first kappa shape index (κ1) is 22.5. The number of hydrogen-bond acceptors (Lipinski definition) is 7. The van der Waals surface area contributed by atoms with E-state index in [0.29, 0.717) is 30.5 Å². The minimum absolute atomic E-state index is 0.00699. The first-order chi connectivity index (χ1) is 17.1. The maximum atomic E-state index is 13.3. The van der Waals surface area contributed by atoms with Crippen molar-refractivity contribution in [2.24, 2.45) is 0 Å². The summed E-state index contributed by atoms with van der Waals surface area (Å²) in [6.07, 6.45) is 8.57. The number of nitrogens with zero attached hydrogens (tertiary/aromatic N) is 5. The van der Waals surface area contributed by atoms with Gasteiger partial charge in [0, 0.05) is 48.8 Å². The smallest absolute Gasteiger partial charge is 0.253 e. The van der Waals surface area contributed by atoms with Gasteiger partial charge in [0.25, 0.3) is 5.91 Å². The van der Waals surface area contributed by atoms with E-state index < -0.39 is 0 Å². The van der Waals surface area contributed by atoms with Gasteiger partial charge in [-0.2, -0.15) is 0 Å². The Morgan fingerprint density at radius 1 is 1.06 bits per heavy atom. The predicted molar refractivity (Wildman–Crippen MR) is 133 cm³/mol. The van der Waals surface area contributed by atoms with E-state index in [-0.39, 0.29) is 11.8 Å². The van der Waals surface area contributed by atoms with Gasteiger partial charge in [0.05, 0.1) is 11.9 Å². The number of nitrogens with one attached hydrogen (secondary N) is 1. The molecule has 0 saturated carbocycles. The molecule has 1 N–H and O–H groups in total. The third kappa shape index (κ3) is 5.60. The van der Waals surface area contributed by atoms with E-state index in [1.807, 2.05) is 60.4 Å². The van der Waals surface area contributed by atoms with Crippen molar-refractivity contribution < 1.29 is 9.53 Å². The van der Waals surface area contributed by atoms with E-state index in [2.05, 4.69) is 20.3 Å². The molecule has 1 atom stereocenters. The number of amides is 1. The Morgan fingerprint density at radius 2 is 1.91 bits per heavy atom. The average molecular weight is 467 g/mol. The Morgan fingerprint density at radius 3 is 2.77 bits per heavy atom. The second-order valence-electron chi connectivity index (χ2n) is 8.57. The SMILES string of the molecule is Cc1cccc(Oc2cncc([C@H]3CCCN(C(=O)c4cccc(Nc5ncccn5)c4)C3)n2)c1. The molecular formula is C27H26N6O2. The molecule has 2 aromatic carbocycles. The standard InChI is InChI=1S/C27H26N6O2/c1-19-6-2-10-23(14-19)35-25-17-28-16-24(32-25)21-8-4-13-33(18-21)26(34)20-7-3-9-22(15-20)31-27-29-11-5-12-30-27/h2-3,5-7,9-12,14-17,21H,4,8,13,18H2,1H3,(H,29,30,31)/t21-/m0/s1. The minimum atomic E-state index is -0.00699. The van der Waals surface area contributed by atoms with Gasteiger partial charge in [0.1, 0.15) is 5.75 Å². The van der Waals surface area contributed by atoms with Crippen molar-refractivity contribution in [1.29, 1.82) is 0 Å². The Balaban J connectivity index is 1.28. The van der Waals surface area contributed by atoms with Gasteiger partial charge >= 0.3 is 0 Å². The lowest BCUT2D eigenvalue weighted by atomic mass is 9.94. The fourth-order valence-corrected chi connectivity index (χ4v) is 4.22. The average Bonchev–Trinajstić information content (AvgIpc) is 2.89. The van der Waals surface area contributed by atoms with Crippen LogP contribution in [-0.4, -0.2) is 43.8 Å². The molecule has 8 heteroatoms. The van der Waals surface area contributed by atoms with E-state index in [1.54, 1.807) is 30.9 Å². The molecule has 5 rings (SSSR count). The molecule has 1 aliphatic rings. The first-order valence-corrected chi connectivity index (χ1v) is 11.6. The zero-order valence-electron chi connectivity index (χ0n) is 19.5. The molecule has 2 aromatic heterocycles. The van der Waals surface area contributed by atoms with Gasteiger partial charge in [-0.1, -0.05) is 18.2 Å². The highest BCUT2D eigenvalue weighted by atomic mass is 16.5. The Kier molecular flexibility index (Phi) is 6.61. The Labute approximate surface area is 204 Å². The van der Waals surface area contributed by atoms with Crippen LogP contribution in [0.1, 0.15) is 40.4 Å².